The van der Waals surface area contributed by atoms with Crippen LogP contribution in [0.4, 0.5) is 4.39 Å². The predicted molar refractivity (Wildman–Crippen MR) is 74.1 cm³/mol. The second-order valence-corrected chi connectivity index (χ2v) is 5.00. The molecule has 1 heterocycles. The van der Waals surface area contributed by atoms with Gasteiger partial charge in [-0.3, -0.25) is 9.78 Å². The summed E-state index contributed by atoms with van der Waals surface area (Å²) in [6.45, 7) is 0.441. The molecule has 0 unspecified atom stereocenters. The lowest BCUT2D eigenvalue weighted by atomic mass is 10.2. The largest absolute Gasteiger partial charge is 0.337 e. The normalized spacial score (nSPS) is 10.3. The number of benzene rings is 1. The average Bonchev–Trinajstić information content (AvgIpc) is 2.40. The molecule has 2 rings (SSSR count). The molecule has 2 aromatic rings. The molecule has 0 radical (unpaired) electrons. The van der Waals surface area contributed by atoms with E-state index in [0.29, 0.717) is 6.54 Å². The van der Waals surface area contributed by atoms with Crippen LogP contribution in [0.25, 0.3) is 0 Å². The fraction of sp³-hybridized carbons (Fsp3) is 0.143. The number of hydrogen-bond donors (Lipinski definition) is 0. The van der Waals surface area contributed by atoms with Gasteiger partial charge in [-0.2, -0.15) is 0 Å². The van der Waals surface area contributed by atoms with Gasteiger partial charge in [0.15, 0.2) is 0 Å². The van der Waals surface area contributed by atoms with Gasteiger partial charge in [0.2, 0.25) is 0 Å². The molecule has 3 nitrogen and oxygen atoms in total. The van der Waals surface area contributed by atoms with Gasteiger partial charge in [-0.15, -0.1) is 0 Å². The SMILES string of the molecule is CN(Cc1ccccc1Br)C(=O)c1cncc(F)c1. The summed E-state index contributed by atoms with van der Waals surface area (Å²) in [5, 5.41) is 0. The van der Waals surface area contributed by atoms with Crippen LogP contribution in [0.5, 0.6) is 0 Å². The molecule has 1 amide bonds. The maximum absolute atomic E-state index is 13.0. The Labute approximate surface area is 119 Å². The molecule has 98 valence electrons. The fourth-order valence-corrected chi connectivity index (χ4v) is 2.11. The van der Waals surface area contributed by atoms with Gasteiger partial charge in [-0.05, 0) is 17.7 Å². The Hall–Kier alpha value is -1.75. The van der Waals surface area contributed by atoms with Gasteiger partial charge in [0.25, 0.3) is 5.91 Å². The number of pyridine rings is 1. The van der Waals surface area contributed by atoms with E-state index in [4.69, 9.17) is 0 Å². The first-order valence-corrected chi connectivity index (χ1v) is 6.46. The van der Waals surface area contributed by atoms with E-state index in [-0.39, 0.29) is 11.5 Å². The Balaban J connectivity index is 2.14. The zero-order chi connectivity index (χ0) is 13.8. The van der Waals surface area contributed by atoms with Gasteiger partial charge in [0.1, 0.15) is 5.82 Å². The van der Waals surface area contributed by atoms with Crippen molar-refractivity contribution in [2.45, 2.75) is 6.54 Å². The lowest BCUT2D eigenvalue weighted by Gasteiger charge is -2.18. The molecular weight excluding hydrogens is 311 g/mol. The zero-order valence-corrected chi connectivity index (χ0v) is 11.9. The minimum atomic E-state index is -0.514. The Bertz CT molecular complexity index is 604. The summed E-state index contributed by atoms with van der Waals surface area (Å²) >= 11 is 3.43. The van der Waals surface area contributed by atoms with E-state index in [1.54, 1.807) is 7.05 Å². The van der Waals surface area contributed by atoms with Crippen molar-refractivity contribution in [2.75, 3.05) is 7.05 Å². The Morgan fingerprint density at radius 1 is 1.37 bits per heavy atom. The molecule has 0 bridgehead atoms. The second kappa shape index (κ2) is 5.93. The van der Waals surface area contributed by atoms with Gasteiger partial charge in [-0.25, -0.2) is 4.39 Å². The molecule has 0 aliphatic heterocycles. The summed E-state index contributed by atoms with van der Waals surface area (Å²) in [6, 6.07) is 8.84. The molecule has 0 aliphatic rings. The number of aromatic nitrogens is 1. The molecule has 1 aromatic carbocycles. The molecule has 0 aliphatic carbocycles. The molecule has 0 fully saturated rings. The molecular formula is C14H12BrFN2O. The number of carbonyl (C=O) groups excluding carboxylic acids is 1. The Morgan fingerprint density at radius 2 is 2.11 bits per heavy atom. The monoisotopic (exact) mass is 322 g/mol. The van der Waals surface area contributed by atoms with Crippen LogP contribution in [0.3, 0.4) is 0 Å². The quantitative estimate of drug-likeness (QED) is 0.869. The summed E-state index contributed by atoms with van der Waals surface area (Å²) in [4.78, 5) is 17.3. The number of rotatable bonds is 3. The number of carbonyl (C=O) groups is 1. The highest BCUT2D eigenvalue weighted by atomic mass is 79.9. The van der Waals surface area contributed by atoms with Gasteiger partial charge in [-0.1, -0.05) is 34.1 Å². The van der Waals surface area contributed by atoms with Gasteiger partial charge in [0, 0.05) is 24.3 Å². The van der Waals surface area contributed by atoms with E-state index in [9.17, 15) is 9.18 Å². The van der Waals surface area contributed by atoms with E-state index >= 15 is 0 Å². The maximum atomic E-state index is 13.0. The van der Waals surface area contributed by atoms with Crippen molar-refractivity contribution in [1.82, 2.24) is 9.88 Å². The van der Waals surface area contributed by atoms with E-state index in [2.05, 4.69) is 20.9 Å². The van der Waals surface area contributed by atoms with Crippen LogP contribution in [-0.4, -0.2) is 22.8 Å². The highest BCUT2D eigenvalue weighted by Crippen LogP contribution is 2.18. The van der Waals surface area contributed by atoms with Crippen LogP contribution in [0, 0.1) is 5.82 Å². The first-order valence-electron chi connectivity index (χ1n) is 5.67. The molecule has 0 saturated carbocycles. The standard InChI is InChI=1S/C14H12BrFN2O/c1-18(9-10-4-2-3-5-13(10)15)14(19)11-6-12(16)8-17-7-11/h2-8H,9H2,1H3. The van der Waals surface area contributed by atoms with Crippen molar-refractivity contribution in [2.24, 2.45) is 0 Å². The molecule has 0 atom stereocenters. The third-order valence-corrected chi connectivity index (χ3v) is 3.44. The van der Waals surface area contributed by atoms with Gasteiger partial charge >= 0.3 is 0 Å². The van der Waals surface area contributed by atoms with Crippen LogP contribution in [0.1, 0.15) is 15.9 Å². The summed E-state index contributed by atoms with van der Waals surface area (Å²) in [6.07, 6.45) is 2.44. The zero-order valence-electron chi connectivity index (χ0n) is 10.3. The fourth-order valence-electron chi connectivity index (χ4n) is 1.70. The smallest absolute Gasteiger partial charge is 0.255 e. The third-order valence-electron chi connectivity index (χ3n) is 2.66. The van der Waals surface area contributed by atoms with Crippen LogP contribution < -0.4 is 0 Å². The number of amides is 1. The molecule has 19 heavy (non-hydrogen) atoms. The Kier molecular flexibility index (Phi) is 4.27. The second-order valence-electron chi connectivity index (χ2n) is 4.14. The highest BCUT2D eigenvalue weighted by molar-refractivity contribution is 9.10. The van der Waals surface area contributed by atoms with Crippen molar-refractivity contribution in [3.63, 3.8) is 0 Å². The average molecular weight is 323 g/mol. The molecule has 0 spiro atoms. The van der Waals surface area contributed by atoms with E-state index < -0.39 is 5.82 Å². The topological polar surface area (TPSA) is 33.2 Å². The number of halogens is 2. The Morgan fingerprint density at radius 3 is 2.79 bits per heavy atom. The summed E-state index contributed by atoms with van der Waals surface area (Å²) < 4.78 is 14.0. The minimum Gasteiger partial charge on any atom is -0.337 e. The van der Waals surface area contributed by atoms with Crippen LogP contribution in [-0.2, 0) is 6.54 Å². The molecule has 0 N–H and O–H groups in total. The van der Waals surface area contributed by atoms with E-state index in [0.717, 1.165) is 16.2 Å². The number of nitrogens with zero attached hydrogens (tertiary/aromatic N) is 2. The molecule has 1 aromatic heterocycles. The number of hydrogen-bond acceptors (Lipinski definition) is 2. The lowest BCUT2D eigenvalue weighted by molar-refractivity contribution is 0.0784. The predicted octanol–water partition coefficient (Wildman–Crippen LogP) is 3.26. The van der Waals surface area contributed by atoms with Crippen LogP contribution >= 0.6 is 15.9 Å². The van der Waals surface area contributed by atoms with E-state index in [1.807, 2.05) is 24.3 Å². The summed E-state index contributed by atoms with van der Waals surface area (Å²) in [5.74, 6) is -0.775. The van der Waals surface area contributed by atoms with Crippen molar-refractivity contribution in [3.05, 3.63) is 64.1 Å². The first-order chi connectivity index (χ1) is 9.08. The van der Waals surface area contributed by atoms with Crippen molar-refractivity contribution >= 4 is 21.8 Å². The minimum absolute atomic E-state index is 0.245. The summed E-state index contributed by atoms with van der Waals surface area (Å²) in [7, 11) is 1.67. The van der Waals surface area contributed by atoms with Crippen molar-refractivity contribution in [1.29, 1.82) is 0 Å². The van der Waals surface area contributed by atoms with Crippen LogP contribution in [0.2, 0.25) is 0 Å². The lowest BCUT2D eigenvalue weighted by Crippen LogP contribution is -2.26. The summed E-state index contributed by atoms with van der Waals surface area (Å²) in [5.41, 5.74) is 1.23. The van der Waals surface area contributed by atoms with Gasteiger partial charge < -0.3 is 4.90 Å². The van der Waals surface area contributed by atoms with Crippen molar-refractivity contribution < 1.29 is 9.18 Å². The molecule has 5 heteroatoms. The maximum Gasteiger partial charge on any atom is 0.255 e. The van der Waals surface area contributed by atoms with E-state index in [1.165, 1.54) is 17.2 Å². The highest BCUT2D eigenvalue weighted by Gasteiger charge is 2.14. The molecule has 0 saturated heterocycles. The third kappa shape index (κ3) is 3.38. The van der Waals surface area contributed by atoms with Crippen LogP contribution in [0.15, 0.2) is 47.2 Å². The van der Waals surface area contributed by atoms with Crippen molar-refractivity contribution in [3.8, 4) is 0 Å². The first kappa shape index (κ1) is 13.7. The van der Waals surface area contributed by atoms with Gasteiger partial charge in [0.05, 0.1) is 11.8 Å².